The molecule has 0 bridgehead atoms. The van der Waals surface area contributed by atoms with Crippen molar-refractivity contribution in [3.63, 3.8) is 0 Å². The number of ether oxygens (including phenoxy) is 1. The molecule has 3 rings (SSSR count). The number of aliphatic hydroxyl groups is 1. The summed E-state index contributed by atoms with van der Waals surface area (Å²) in [6.07, 6.45) is 4.53. The minimum absolute atomic E-state index is 0.223. The van der Waals surface area contributed by atoms with Crippen molar-refractivity contribution in [1.29, 1.82) is 0 Å². The number of nitrogens with zero attached hydrogens (tertiary/aromatic N) is 1. The van der Waals surface area contributed by atoms with Gasteiger partial charge in [-0.05, 0) is 47.4 Å². The molecule has 0 amide bonds. The fraction of sp³-hybridized carbons (Fsp3) is 0.150. The van der Waals surface area contributed by atoms with Crippen LogP contribution in [0.1, 0.15) is 22.6 Å². The fourth-order valence-electron chi connectivity index (χ4n) is 2.76. The molecule has 0 saturated heterocycles. The summed E-state index contributed by atoms with van der Waals surface area (Å²) in [6.45, 7) is -0.316. The first-order valence-electron chi connectivity index (χ1n) is 7.64. The van der Waals surface area contributed by atoms with E-state index in [4.69, 9.17) is 9.84 Å². The second-order valence-corrected chi connectivity index (χ2v) is 5.37. The van der Waals surface area contributed by atoms with Crippen molar-refractivity contribution in [2.75, 3.05) is 6.79 Å². The lowest BCUT2D eigenvalue weighted by atomic mass is 9.86. The molecule has 1 unspecified atom stereocenters. The van der Waals surface area contributed by atoms with Crippen molar-refractivity contribution in [3.8, 4) is 5.75 Å². The molecule has 0 saturated carbocycles. The first-order valence-corrected chi connectivity index (χ1v) is 7.64. The molecular weight excluding hydrogens is 286 g/mol. The van der Waals surface area contributed by atoms with Gasteiger partial charge in [0.1, 0.15) is 5.75 Å². The van der Waals surface area contributed by atoms with Crippen LogP contribution in [0.3, 0.4) is 0 Å². The number of pyridine rings is 1. The van der Waals surface area contributed by atoms with E-state index in [-0.39, 0.29) is 12.7 Å². The highest BCUT2D eigenvalue weighted by Crippen LogP contribution is 2.30. The molecule has 3 heteroatoms. The predicted molar refractivity (Wildman–Crippen MR) is 90.4 cm³/mol. The molecule has 1 atom stereocenters. The zero-order valence-electron chi connectivity index (χ0n) is 12.8. The standard InChI is InChI=1S/C20H19NO2/c22-15-23-19-8-4-7-18(14-19)20(17-5-2-1-3-6-17)13-16-9-11-21-12-10-16/h1-12,14,20,22H,13,15H2. The van der Waals surface area contributed by atoms with Crippen LogP contribution < -0.4 is 4.74 Å². The van der Waals surface area contributed by atoms with Crippen molar-refractivity contribution in [2.45, 2.75) is 12.3 Å². The van der Waals surface area contributed by atoms with E-state index < -0.39 is 0 Å². The number of rotatable bonds is 6. The number of hydrogen-bond donors (Lipinski definition) is 1. The molecule has 0 radical (unpaired) electrons. The van der Waals surface area contributed by atoms with Crippen LogP contribution in [0.25, 0.3) is 0 Å². The van der Waals surface area contributed by atoms with Gasteiger partial charge in [0.2, 0.25) is 0 Å². The van der Waals surface area contributed by atoms with Gasteiger partial charge in [-0.25, -0.2) is 0 Å². The fourth-order valence-corrected chi connectivity index (χ4v) is 2.76. The summed E-state index contributed by atoms with van der Waals surface area (Å²) in [5, 5.41) is 8.97. The van der Waals surface area contributed by atoms with E-state index in [1.807, 2.05) is 48.8 Å². The van der Waals surface area contributed by atoms with Crippen LogP contribution in [0, 0.1) is 0 Å². The molecule has 0 aliphatic heterocycles. The Bertz CT molecular complexity index is 729. The topological polar surface area (TPSA) is 42.4 Å². The molecule has 0 spiro atoms. The van der Waals surface area contributed by atoms with E-state index in [0.29, 0.717) is 5.75 Å². The third kappa shape index (κ3) is 3.96. The van der Waals surface area contributed by atoms with Gasteiger partial charge >= 0.3 is 0 Å². The minimum Gasteiger partial charge on any atom is -0.468 e. The molecule has 116 valence electrons. The number of hydrogen-bond acceptors (Lipinski definition) is 3. The summed E-state index contributed by atoms with van der Waals surface area (Å²) in [5.74, 6) is 0.904. The van der Waals surface area contributed by atoms with Crippen LogP contribution in [0.5, 0.6) is 5.75 Å². The van der Waals surface area contributed by atoms with Gasteiger partial charge in [-0.3, -0.25) is 4.98 Å². The van der Waals surface area contributed by atoms with Crippen LogP contribution >= 0.6 is 0 Å². The van der Waals surface area contributed by atoms with Crippen LogP contribution in [0.4, 0.5) is 0 Å². The zero-order valence-corrected chi connectivity index (χ0v) is 12.8. The van der Waals surface area contributed by atoms with Crippen molar-refractivity contribution < 1.29 is 9.84 Å². The Balaban J connectivity index is 1.96. The Morgan fingerprint density at radius 1 is 0.870 bits per heavy atom. The van der Waals surface area contributed by atoms with Crippen LogP contribution in [0.2, 0.25) is 0 Å². The van der Waals surface area contributed by atoms with Gasteiger partial charge in [0.05, 0.1) is 0 Å². The quantitative estimate of drug-likeness (QED) is 0.705. The van der Waals surface area contributed by atoms with Crippen molar-refractivity contribution in [3.05, 3.63) is 95.8 Å². The molecule has 2 aromatic carbocycles. The second-order valence-electron chi connectivity index (χ2n) is 5.37. The predicted octanol–water partition coefficient (Wildman–Crippen LogP) is 3.78. The summed E-state index contributed by atoms with van der Waals surface area (Å²) in [5.41, 5.74) is 3.66. The van der Waals surface area contributed by atoms with Gasteiger partial charge in [0, 0.05) is 18.3 Å². The lowest BCUT2D eigenvalue weighted by Crippen LogP contribution is -2.06. The highest BCUT2D eigenvalue weighted by molar-refractivity contribution is 5.38. The molecule has 1 N–H and O–H groups in total. The van der Waals surface area contributed by atoms with E-state index in [9.17, 15) is 0 Å². The summed E-state index contributed by atoms with van der Waals surface area (Å²) in [4.78, 5) is 4.09. The lowest BCUT2D eigenvalue weighted by Gasteiger charge is -2.19. The normalized spacial score (nSPS) is 11.9. The van der Waals surface area contributed by atoms with E-state index in [1.165, 1.54) is 16.7 Å². The average molecular weight is 305 g/mol. The van der Waals surface area contributed by atoms with Gasteiger partial charge in [-0.15, -0.1) is 0 Å². The molecule has 0 aliphatic rings. The maximum absolute atomic E-state index is 8.97. The average Bonchev–Trinajstić information content (AvgIpc) is 2.62. The largest absolute Gasteiger partial charge is 0.468 e. The van der Waals surface area contributed by atoms with Gasteiger partial charge in [-0.2, -0.15) is 0 Å². The molecule has 3 aromatic rings. The maximum atomic E-state index is 8.97. The Morgan fingerprint density at radius 2 is 1.61 bits per heavy atom. The first-order chi connectivity index (χ1) is 11.4. The van der Waals surface area contributed by atoms with E-state index in [0.717, 1.165) is 6.42 Å². The molecule has 3 nitrogen and oxygen atoms in total. The van der Waals surface area contributed by atoms with Crippen LogP contribution in [-0.4, -0.2) is 16.9 Å². The van der Waals surface area contributed by atoms with Gasteiger partial charge < -0.3 is 9.84 Å². The van der Waals surface area contributed by atoms with Crippen molar-refractivity contribution >= 4 is 0 Å². The first kappa shape index (κ1) is 15.3. The Labute approximate surface area is 136 Å². The minimum atomic E-state index is -0.316. The highest BCUT2D eigenvalue weighted by atomic mass is 16.6. The molecule has 23 heavy (non-hydrogen) atoms. The lowest BCUT2D eigenvalue weighted by molar-refractivity contribution is 0.0984. The zero-order chi connectivity index (χ0) is 15.9. The molecule has 0 aliphatic carbocycles. The number of aliphatic hydroxyl groups excluding tert-OH is 1. The third-order valence-corrected chi connectivity index (χ3v) is 3.88. The SMILES string of the molecule is OCOc1cccc(C(Cc2ccncc2)c2ccccc2)c1. The molecular formula is C20H19NO2. The second kappa shape index (κ2) is 7.56. The van der Waals surface area contributed by atoms with Gasteiger partial charge in [0.25, 0.3) is 0 Å². The maximum Gasteiger partial charge on any atom is 0.186 e. The molecule has 1 heterocycles. The summed E-state index contributed by atoms with van der Waals surface area (Å²) in [7, 11) is 0. The Hall–Kier alpha value is -2.65. The van der Waals surface area contributed by atoms with Crippen molar-refractivity contribution in [2.24, 2.45) is 0 Å². The molecule has 1 aromatic heterocycles. The summed E-state index contributed by atoms with van der Waals surface area (Å²) >= 11 is 0. The van der Waals surface area contributed by atoms with E-state index in [2.05, 4.69) is 35.3 Å². The Kier molecular flexibility index (Phi) is 5.02. The van der Waals surface area contributed by atoms with Gasteiger partial charge in [-0.1, -0.05) is 42.5 Å². The Morgan fingerprint density at radius 3 is 2.35 bits per heavy atom. The van der Waals surface area contributed by atoms with Gasteiger partial charge in [0.15, 0.2) is 6.79 Å². The monoisotopic (exact) mass is 305 g/mol. The third-order valence-electron chi connectivity index (χ3n) is 3.88. The van der Waals surface area contributed by atoms with E-state index >= 15 is 0 Å². The number of benzene rings is 2. The molecule has 0 fully saturated rings. The van der Waals surface area contributed by atoms with E-state index in [1.54, 1.807) is 0 Å². The summed E-state index contributed by atoms with van der Waals surface area (Å²) in [6, 6.07) is 22.4. The smallest absolute Gasteiger partial charge is 0.186 e. The number of aromatic nitrogens is 1. The highest BCUT2D eigenvalue weighted by Gasteiger charge is 2.15. The summed E-state index contributed by atoms with van der Waals surface area (Å²) < 4.78 is 5.23. The van der Waals surface area contributed by atoms with Crippen LogP contribution in [0.15, 0.2) is 79.1 Å². The van der Waals surface area contributed by atoms with Crippen LogP contribution in [-0.2, 0) is 6.42 Å². The van der Waals surface area contributed by atoms with Crippen molar-refractivity contribution in [1.82, 2.24) is 4.98 Å².